The molecule has 0 saturated carbocycles. The molecule has 0 aliphatic heterocycles. The molecule has 0 fully saturated rings. The van der Waals surface area contributed by atoms with Gasteiger partial charge in [0.1, 0.15) is 11.6 Å². The maximum atomic E-state index is 13.3. The van der Waals surface area contributed by atoms with E-state index in [9.17, 15) is 23.5 Å². The Balaban J connectivity index is 2.67. The van der Waals surface area contributed by atoms with E-state index in [1.165, 1.54) is 0 Å². The third kappa shape index (κ3) is 8.78. The molecule has 0 saturated heterocycles. The molecular formula is C18H27F2N3O4. The maximum Gasteiger partial charge on any atom is 0.404 e. The van der Waals surface area contributed by atoms with Crippen LogP contribution in [-0.4, -0.2) is 53.5 Å². The van der Waals surface area contributed by atoms with E-state index in [-0.39, 0.29) is 24.4 Å². The van der Waals surface area contributed by atoms with Crippen molar-refractivity contribution in [3.05, 3.63) is 35.4 Å². The Morgan fingerprint density at radius 2 is 1.67 bits per heavy atom. The Bertz CT molecular complexity index is 623. The van der Waals surface area contributed by atoms with Gasteiger partial charge in [0.05, 0.1) is 18.2 Å². The Labute approximate surface area is 157 Å². The molecule has 0 aliphatic carbocycles. The highest BCUT2D eigenvalue weighted by atomic mass is 19.1. The van der Waals surface area contributed by atoms with Gasteiger partial charge in [-0.15, -0.1) is 0 Å². The van der Waals surface area contributed by atoms with Crippen LogP contribution >= 0.6 is 0 Å². The molecule has 0 heterocycles. The van der Waals surface area contributed by atoms with Crippen molar-refractivity contribution in [2.75, 3.05) is 13.1 Å². The van der Waals surface area contributed by atoms with Gasteiger partial charge >= 0.3 is 6.09 Å². The number of carbonyl (C=O) groups excluding carboxylic acids is 1. The van der Waals surface area contributed by atoms with Gasteiger partial charge in [-0.3, -0.25) is 4.79 Å². The quantitative estimate of drug-likeness (QED) is 0.415. The fourth-order valence-electron chi connectivity index (χ4n) is 2.41. The molecule has 0 aliphatic rings. The summed E-state index contributed by atoms with van der Waals surface area (Å²) in [7, 11) is 0. The smallest absolute Gasteiger partial charge is 0.404 e. The standard InChI is InChI=1S/C18H27F2N3O4/c1-10(2)8-22-17(25)11(3)21-9-16(24)15(23-18(26)27)6-12-4-13(19)7-14(20)5-12/h4-5,7,10-11,15-16,21,23-24H,6,8-9H2,1-3H3,(H,22,25)(H,26,27)/t11-,15-,16+/m0/s1. The molecule has 1 aromatic rings. The fraction of sp³-hybridized carbons (Fsp3) is 0.556. The van der Waals surface area contributed by atoms with Gasteiger partial charge < -0.3 is 26.2 Å². The summed E-state index contributed by atoms with van der Waals surface area (Å²) in [6.07, 6.45) is -2.70. The number of benzene rings is 1. The van der Waals surface area contributed by atoms with E-state index in [0.29, 0.717) is 18.5 Å². The van der Waals surface area contributed by atoms with E-state index in [2.05, 4.69) is 16.0 Å². The van der Waals surface area contributed by atoms with E-state index in [1.54, 1.807) is 6.92 Å². The van der Waals surface area contributed by atoms with Crippen molar-refractivity contribution in [2.45, 2.75) is 45.4 Å². The van der Waals surface area contributed by atoms with Crippen molar-refractivity contribution in [3.63, 3.8) is 0 Å². The Hall–Kier alpha value is -2.26. The zero-order valence-electron chi connectivity index (χ0n) is 15.6. The summed E-state index contributed by atoms with van der Waals surface area (Å²) >= 11 is 0. The first kappa shape index (κ1) is 22.8. The Kier molecular flexibility index (Phi) is 9.10. The van der Waals surface area contributed by atoms with E-state index < -0.39 is 35.9 Å². The molecule has 5 N–H and O–H groups in total. The first-order valence-corrected chi connectivity index (χ1v) is 8.72. The number of nitrogens with one attached hydrogen (secondary N) is 3. The minimum Gasteiger partial charge on any atom is -0.465 e. The predicted molar refractivity (Wildman–Crippen MR) is 96.3 cm³/mol. The van der Waals surface area contributed by atoms with E-state index in [4.69, 9.17) is 5.11 Å². The van der Waals surface area contributed by atoms with E-state index in [0.717, 1.165) is 12.1 Å². The second-order valence-electron chi connectivity index (χ2n) is 6.87. The van der Waals surface area contributed by atoms with Crippen LogP contribution in [0.2, 0.25) is 0 Å². The number of rotatable bonds is 10. The maximum absolute atomic E-state index is 13.3. The van der Waals surface area contributed by atoms with Crippen LogP contribution in [0.25, 0.3) is 0 Å². The molecule has 0 radical (unpaired) electrons. The Morgan fingerprint density at radius 1 is 1.07 bits per heavy atom. The van der Waals surface area contributed by atoms with Crippen LogP contribution in [0.4, 0.5) is 13.6 Å². The summed E-state index contributed by atoms with van der Waals surface area (Å²) in [6, 6.07) is 1.24. The van der Waals surface area contributed by atoms with Gasteiger partial charge in [0.15, 0.2) is 0 Å². The lowest BCUT2D eigenvalue weighted by molar-refractivity contribution is -0.123. The molecule has 0 spiro atoms. The number of aliphatic hydroxyl groups is 1. The topological polar surface area (TPSA) is 111 Å². The summed E-state index contributed by atoms with van der Waals surface area (Å²) in [5, 5.41) is 27.0. The molecule has 1 rings (SSSR count). The van der Waals surface area contributed by atoms with Crippen LogP contribution in [0.1, 0.15) is 26.3 Å². The lowest BCUT2D eigenvalue weighted by atomic mass is 10.0. The first-order valence-electron chi connectivity index (χ1n) is 8.72. The van der Waals surface area contributed by atoms with Gasteiger partial charge in [-0.2, -0.15) is 0 Å². The van der Waals surface area contributed by atoms with Crippen LogP contribution in [-0.2, 0) is 11.2 Å². The first-order chi connectivity index (χ1) is 12.6. The monoisotopic (exact) mass is 387 g/mol. The zero-order valence-corrected chi connectivity index (χ0v) is 15.6. The summed E-state index contributed by atoms with van der Waals surface area (Å²) in [6.45, 7) is 5.96. The largest absolute Gasteiger partial charge is 0.465 e. The van der Waals surface area contributed by atoms with Crippen molar-refractivity contribution < 1.29 is 28.6 Å². The Morgan fingerprint density at radius 3 is 2.19 bits per heavy atom. The number of amides is 2. The highest BCUT2D eigenvalue weighted by molar-refractivity contribution is 5.81. The number of halogens is 2. The van der Waals surface area contributed by atoms with Crippen molar-refractivity contribution >= 4 is 12.0 Å². The molecular weight excluding hydrogens is 360 g/mol. The summed E-state index contributed by atoms with van der Waals surface area (Å²) in [4.78, 5) is 22.9. The second kappa shape index (κ2) is 10.8. The number of carboxylic acid groups (broad SMARTS) is 1. The average Bonchev–Trinajstić information content (AvgIpc) is 2.55. The van der Waals surface area contributed by atoms with Crippen LogP contribution in [0.3, 0.4) is 0 Å². The highest BCUT2D eigenvalue weighted by Gasteiger charge is 2.23. The van der Waals surface area contributed by atoms with E-state index >= 15 is 0 Å². The molecule has 0 bridgehead atoms. The summed E-state index contributed by atoms with van der Waals surface area (Å²) in [5.41, 5.74) is 0.202. The minimum absolute atomic E-state index is 0.0843. The van der Waals surface area contributed by atoms with Gasteiger partial charge in [0, 0.05) is 19.2 Å². The zero-order chi connectivity index (χ0) is 20.6. The molecule has 152 valence electrons. The van der Waals surface area contributed by atoms with Crippen LogP contribution in [0.15, 0.2) is 18.2 Å². The second-order valence-corrected chi connectivity index (χ2v) is 6.87. The van der Waals surface area contributed by atoms with Crippen molar-refractivity contribution in [1.82, 2.24) is 16.0 Å². The van der Waals surface area contributed by atoms with Crippen LogP contribution in [0.5, 0.6) is 0 Å². The molecule has 1 aromatic carbocycles. The number of aliphatic hydroxyl groups excluding tert-OH is 1. The average molecular weight is 387 g/mol. The van der Waals surface area contributed by atoms with Gasteiger partial charge in [-0.05, 0) is 37.0 Å². The minimum atomic E-state index is -1.38. The van der Waals surface area contributed by atoms with Gasteiger partial charge in [-0.1, -0.05) is 13.8 Å². The molecule has 7 nitrogen and oxygen atoms in total. The van der Waals surface area contributed by atoms with Gasteiger partial charge in [0.25, 0.3) is 0 Å². The summed E-state index contributed by atoms with van der Waals surface area (Å²) in [5.74, 6) is -1.53. The molecule has 0 unspecified atom stereocenters. The number of carbonyl (C=O) groups is 2. The normalized spacial score (nSPS) is 14.5. The lowest BCUT2D eigenvalue weighted by Gasteiger charge is -2.25. The highest BCUT2D eigenvalue weighted by Crippen LogP contribution is 2.12. The molecule has 9 heteroatoms. The molecule has 3 atom stereocenters. The molecule has 0 aromatic heterocycles. The van der Waals surface area contributed by atoms with Gasteiger partial charge in [0.2, 0.25) is 5.91 Å². The van der Waals surface area contributed by atoms with Crippen LogP contribution < -0.4 is 16.0 Å². The predicted octanol–water partition coefficient (Wildman–Crippen LogP) is 1.25. The number of hydrogen-bond acceptors (Lipinski definition) is 4. The van der Waals surface area contributed by atoms with Crippen molar-refractivity contribution in [2.24, 2.45) is 5.92 Å². The fourth-order valence-corrected chi connectivity index (χ4v) is 2.41. The SMILES string of the molecule is CC(C)CNC(=O)[C@H](C)NC[C@@H](O)[C@H](Cc1cc(F)cc(F)c1)NC(=O)O. The lowest BCUT2D eigenvalue weighted by Crippen LogP contribution is -2.51. The summed E-state index contributed by atoms with van der Waals surface area (Å²) < 4.78 is 26.6. The molecule has 2 amide bonds. The van der Waals surface area contributed by atoms with E-state index in [1.807, 2.05) is 13.8 Å². The third-order valence-electron chi connectivity index (χ3n) is 3.86. The van der Waals surface area contributed by atoms with Crippen molar-refractivity contribution in [1.29, 1.82) is 0 Å². The van der Waals surface area contributed by atoms with Gasteiger partial charge in [-0.25, -0.2) is 13.6 Å². The van der Waals surface area contributed by atoms with Crippen molar-refractivity contribution in [3.8, 4) is 0 Å². The third-order valence-corrected chi connectivity index (χ3v) is 3.86. The van der Waals surface area contributed by atoms with Crippen LogP contribution in [0, 0.1) is 17.6 Å². The molecule has 27 heavy (non-hydrogen) atoms. The number of hydrogen-bond donors (Lipinski definition) is 5.